The average molecular weight is 532 g/mol. The predicted octanol–water partition coefficient (Wildman–Crippen LogP) is 4.68. The van der Waals surface area contributed by atoms with Crippen molar-refractivity contribution in [2.24, 2.45) is 0 Å². The maximum Gasteiger partial charge on any atom is 0.247 e. The third kappa shape index (κ3) is 5.95. The van der Waals surface area contributed by atoms with Gasteiger partial charge in [-0.2, -0.15) is 0 Å². The van der Waals surface area contributed by atoms with E-state index in [1.165, 1.54) is 5.56 Å². The number of carbonyl (C=O) groups excluding carboxylic acids is 2. The Morgan fingerprint density at radius 1 is 1.11 bits per heavy atom. The highest BCUT2D eigenvalue weighted by atomic mass is 32.1. The van der Waals surface area contributed by atoms with E-state index in [0.717, 1.165) is 40.9 Å². The molecule has 2 aromatic carbocycles. The van der Waals surface area contributed by atoms with Gasteiger partial charge in [-0.15, -0.1) is 16.4 Å². The minimum absolute atomic E-state index is 0.00544. The largest absolute Gasteiger partial charge is 0.376 e. The summed E-state index contributed by atoms with van der Waals surface area (Å²) in [5.41, 5.74) is 3.45. The van der Waals surface area contributed by atoms with Crippen LogP contribution in [0.4, 0.5) is 0 Å². The Hall–Kier alpha value is -3.56. The number of ether oxygens (including phenoxy) is 1. The van der Waals surface area contributed by atoms with Crippen LogP contribution in [0.5, 0.6) is 0 Å². The first-order valence-corrected chi connectivity index (χ1v) is 14.0. The van der Waals surface area contributed by atoms with E-state index in [1.807, 2.05) is 66.0 Å². The Labute approximate surface area is 226 Å². The van der Waals surface area contributed by atoms with Gasteiger partial charge >= 0.3 is 0 Å². The standard InChI is InChI=1S/C29H33N5O3S/c1-20(2)21-11-13-22(14-12-21)28(29(36)30-17-23-7-5-15-37-23)33(18-24-8-6-16-38-24)27(35)19-34-26-10-4-3-9-25(26)31-32-34/h3-4,6,8-14,16,20,23,28H,5,7,15,17-19H2,1-2H3,(H,30,36)/t23-,28+/m0/s1. The van der Waals surface area contributed by atoms with E-state index >= 15 is 0 Å². The highest BCUT2D eigenvalue weighted by molar-refractivity contribution is 7.09. The number of benzene rings is 2. The van der Waals surface area contributed by atoms with Crippen LogP contribution in [0.15, 0.2) is 66.0 Å². The molecule has 0 bridgehead atoms. The van der Waals surface area contributed by atoms with Gasteiger partial charge in [0.25, 0.3) is 0 Å². The van der Waals surface area contributed by atoms with Crippen molar-refractivity contribution in [3.8, 4) is 0 Å². The van der Waals surface area contributed by atoms with Crippen LogP contribution in [0, 0.1) is 0 Å². The zero-order chi connectivity index (χ0) is 26.5. The van der Waals surface area contributed by atoms with Crippen LogP contribution in [-0.4, -0.2) is 51.0 Å². The molecule has 1 saturated heterocycles. The van der Waals surface area contributed by atoms with Crippen molar-refractivity contribution in [2.75, 3.05) is 13.2 Å². The zero-order valence-corrected chi connectivity index (χ0v) is 22.6. The van der Waals surface area contributed by atoms with Crippen LogP contribution in [0.1, 0.15) is 54.7 Å². The summed E-state index contributed by atoms with van der Waals surface area (Å²) in [5, 5.41) is 13.5. The summed E-state index contributed by atoms with van der Waals surface area (Å²) in [7, 11) is 0. The van der Waals surface area contributed by atoms with Crippen LogP contribution in [-0.2, 0) is 27.4 Å². The Morgan fingerprint density at radius 2 is 1.89 bits per heavy atom. The van der Waals surface area contributed by atoms with Crippen LogP contribution in [0.25, 0.3) is 11.0 Å². The number of carbonyl (C=O) groups is 2. The van der Waals surface area contributed by atoms with E-state index in [9.17, 15) is 9.59 Å². The fourth-order valence-corrected chi connectivity index (χ4v) is 5.50. The van der Waals surface area contributed by atoms with Crippen LogP contribution in [0.3, 0.4) is 0 Å². The van der Waals surface area contributed by atoms with Gasteiger partial charge in [-0.3, -0.25) is 9.59 Å². The number of nitrogens with one attached hydrogen (secondary N) is 1. The van der Waals surface area contributed by atoms with Crippen molar-refractivity contribution in [2.45, 2.75) is 57.8 Å². The van der Waals surface area contributed by atoms with Gasteiger partial charge in [-0.1, -0.05) is 61.5 Å². The minimum atomic E-state index is -0.804. The number of thiophene rings is 1. The molecule has 4 aromatic rings. The highest BCUT2D eigenvalue weighted by Crippen LogP contribution is 2.28. The second kappa shape index (κ2) is 11.9. The Bertz CT molecular complexity index is 1360. The second-order valence-corrected chi connectivity index (χ2v) is 11.0. The number of hydrogen-bond acceptors (Lipinski definition) is 6. The van der Waals surface area contributed by atoms with Gasteiger partial charge in [-0.25, -0.2) is 4.68 Å². The van der Waals surface area contributed by atoms with Crippen molar-refractivity contribution in [1.82, 2.24) is 25.2 Å². The van der Waals surface area contributed by atoms with Crippen molar-refractivity contribution in [1.29, 1.82) is 0 Å². The Morgan fingerprint density at radius 3 is 2.61 bits per heavy atom. The Balaban J connectivity index is 1.48. The van der Waals surface area contributed by atoms with E-state index in [4.69, 9.17) is 4.74 Å². The fourth-order valence-electron chi connectivity index (χ4n) is 4.80. The highest BCUT2D eigenvalue weighted by Gasteiger charge is 2.33. The maximum absolute atomic E-state index is 14.0. The van der Waals surface area contributed by atoms with Crippen molar-refractivity contribution < 1.29 is 14.3 Å². The summed E-state index contributed by atoms with van der Waals surface area (Å²) in [6.07, 6.45) is 1.92. The number of para-hydroxylation sites is 1. The molecule has 1 fully saturated rings. The summed E-state index contributed by atoms with van der Waals surface area (Å²) in [5.74, 6) is -0.0642. The smallest absolute Gasteiger partial charge is 0.247 e. The van der Waals surface area contributed by atoms with E-state index in [2.05, 4.69) is 29.5 Å². The molecule has 1 aliphatic heterocycles. The third-order valence-corrected chi connectivity index (χ3v) is 7.80. The summed E-state index contributed by atoms with van der Waals surface area (Å²) in [4.78, 5) is 30.5. The number of amides is 2. The predicted molar refractivity (Wildman–Crippen MR) is 148 cm³/mol. The summed E-state index contributed by atoms with van der Waals surface area (Å²) in [6.45, 7) is 5.70. The first-order chi connectivity index (χ1) is 18.5. The van der Waals surface area contributed by atoms with E-state index in [0.29, 0.717) is 19.0 Å². The molecule has 1 aliphatic rings. The molecule has 38 heavy (non-hydrogen) atoms. The summed E-state index contributed by atoms with van der Waals surface area (Å²) < 4.78 is 7.32. The van der Waals surface area contributed by atoms with Gasteiger partial charge in [0.2, 0.25) is 11.8 Å². The lowest BCUT2D eigenvalue weighted by Crippen LogP contribution is -2.46. The van der Waals surface area contributed by atoms with Gasteiger partial charge in [0.1, 0.15) is 18.1 Å². The van der Waals surface area contributed by atoms with Crippen LogP contribution >= 0.6 is 11.3 Å². The van der Waals surface area contributed by atoms with Gasteiger partial charge in [0.05, 0.1) is 18.2 Å². The lowest BCUT2D eigenvalue weighted by Gasteiger charge is -2.31. The molecular weight excluding hydrogens is 498 g/mol. The molecule has 5 rings (SSSR count). The first-order valence-electron chi connectivity index (χ1n) is 13.1. The van der Waals surface area contributed by atoms with E-state index in [1.54, 1.807) is 20.9 Å². The van der Waals surface area contributed by atoms with Gasteiger partial charge < -0.3 is 15.0 Å². The van der Waals surface area contributed by atoms with Crippen molar-refractivity contribution >= 4 is 34.2 Å². The molecule has 2 aromatic heterocycles. The fraction of sp³-hybridized carbons (Fsp3) is 0.379. The average Bonchev–Trinajstić information content (AvgIpc) is 3.71. The normalized spacial score (nSPS) is 16.1. The molecule has 2 amide bonds. The second-order valence-electron chi connectivity index (χ2n) is 9.94. The lowest BCUT2D eigenvalue weighted by atomic mass is 9.97. The molecule has 0 aliphatic carbocycles. The third-order valence-electron chi connectivity index (χ3n) is 6.94. The zero-order valence-electron chi connectivity index (χ0n) is 21.7. The molecule has 3 heterocycles. The number of rotatable bonds is 10. The van der Waals surface area contributed by atoms with Gasteiger partial charge in [0.15, 0.2) is 0 Å². The lowest BCUT2D eigenvalue weighted by molar-refractivity contribution is -0.142. The maximum atomic E-state index is 14.0. The van der Waals surface area contributed by atoms with Crippen LogP contribution < -0.4 is 5.32 Å². The van der Waals surface area contributed by atoms with Gasteiger partial charge in [-0.05, 0) is 53.5 Å². The number of aromatic nitrogens is 3. The molecular formula is C29H33N5O3S. The number of nitrogens with zero attached hydrogens (tertiary/aromatic N) is 4. The monoisotopic (exact) mass is 531 g/mol. The van der Waals surface area contributed by atoms with Crippen molar-refractivity contribution in [3.63, 3.8) is 0 Å². The topological polar surface area (TPSA) is 89.4 Å². The van der Waals surface area contributed by atoms with Gasteiger partial charge in [0, 0.05) is 18.0 Å². The molecule has 0 saturated carbocycles. The van der Waals surface area contributed by atoms with Crippen molar-refractivity contribution in [3.05, 3.63) is 82.0 Å². The Kier molecular flexibility index (Phi) is 8.14. The number of hydrogen-bond donors (Lipinski definition) is 1. The molecule has 2 atom stereocenters. The quantitative estimate of drug-likeness (QED) is 0.321. The molecule has 0 radical (unpaired) electrons. The molecule has 0 unspecified atom stereocenters. The molecule has 9 heteroatoms. The first kappa shape index (κ1) is 26.1. The van der Waals surface area contributed by atoms with E-state index < -0.39 is 6.04 Å². The van der Waals surface area contributed by atoms with Crippen LogP contribution in [0.2, 0.25) is 0 Å². The molecule has 0 spiro atoms. The summed E-state index contributed by atoms with van der Waals surface area (Å²) >= 11 is 1.56. The van der Waals surface area contributed by atoms with E-state index in [-0.39, 0.29) is 24.5 Å². The number of fused-ring (bicyclic) bond motifs is 1. The molecule has 1 N–H and O–H groups in total. The SMILES string of the molecule is CC(C)c1ccc([C@H](C(=O)NC[C@@H]2CCCO2)N(Cc2cccs2)C(=O)Cn2nnc3ccccc32)cc1. The minimum Gasteiger partial charge on any atom is -0.376 e. The molecule has 8 nitrogen and oxygen atoms in total. The molecule has 198 valence electrons. The summed E-state index contributed by atoms with van der Waals surface area (Å²) in [6, 6.07) is 18.7.